The first-order valence-electron chi connectivity index (χ1n) is 10.2. The average molecular weight is 443 g/mol. The van der Waals surface area contributed by atoms with Crippen molar-refractivity contribution in [3.05, 3.63) is 119 Å². The third-order valence-corrected chi connectivity index (χ3v) is 5.75. The lowest BCUT2D eigenvalue weighted by atomic mass is 9.94. The van der Waals surface area contributed by atoms with Gasteiger partial charge in [-0.1, -0.05) is 60.1 Å². The van der Waals surface area contributed by atoms with E-state index < -0.39 is 11.9 Å². The second kappa shape index (κ2) is 8.50. The summed E-state index contributed by atoms with van der Waals surface area (Å²) in [5.74, 6) is 1.01. The molecule has 0 amide bonds. The van der Waals surface area contributed by atoms with E-state index in [2.05, 4.69) is 4.98 Å². The number of aromatic nitrogens is 1. The van der Waals surface area contributed by atoms with E-state index in [-0.39, 0.29) is 5.02 Å². The van der Waals surface area contributed by atoms with Crippen molar-refractivity contribution in [1.82, 2.24) is 4.98 Å². The molecule has 5 heteroatoms. The van der Waals surface area contributed by atoms with Crippen LogP contribution in [-0.4, -0.2) is 4.98 Å². The monoisotopic (exact) mass is 442 g/mol. The Morgan fingerprint density at radius 1 is 0.812 bits per heavy atom. The van der Waals surface area contributed by atoms with E-state index in [1.165, 1.54) is 6.07 Å². The number of nitrogens with one attached hydrogen (secondary N) is 1. The van der Waals surface area contributed by atoms with Gasteiger partial charge in [0.25, 0.3) is 0 Å². The van der Waals surface area contributed by atoms with Crippen molar-refractivity contribution in [2.75, 3.05) is 0 Å². The maximum absolute atomic E-state index is 13.8. The van der Waals surface area contributed by atoms with Crippen LogP contribution in [0.3, 0.4) is 0 Å². The van der Waals surface area contributed by atoms with Crippen molar-refractivity contribution in [2.45, 2.75) is 6.04 Å². The second-order valence-electron chi connectivity index (χ2n) is 7.55. The summed E-state index contributed by atoms with van der Waals surface area (Å²) in [5, 5.41) is 1.07. The molecule has 0 aliphatic carbocycles. The molecule has 0 saturated heterocycles. The normalized spacial score (nSPS) is 12.1. The van der Waals surface area contributed by atoms with Gasteiger partial charge in [-0.25, -0.2) is 4.39 Å². The Hall–Kier alpha value is -3.60. The molecule has 0 bridgehead atoms. The first kappa shape index (κ1) is 20.3. The molecule has 0 fully saturated rings. The molecular weight excluding hydrogens is 423 g/mol. The summed E-state index contributed by atoms with van der Waals surface area (Å²) in [5.41, 5.74) is 11.2. The SMILES string of the molecule is NC(c1cccc(Oc2ccccc2)c1)c1c(-c2ccc(F)c(Cl)c2)[nH]c2ccccc12. The summed E-state index contributed by atoms with van der Waals surface area (Å²) in [4.78, 5) is 3.44. The van der Waals surface area contributed by atoms with Crippen molar-refractivity contribution in [3.8, 4) is 22.8 Å². The number of benzene rings is 4. The van der Waals surface area contributed by atoms with Crippen molar-refractivity contribution in [1.29, 1.82) is 0 Å². The van der Waals surface area contributed by atoms with E-state index in [1.807, 2.05) is 78.9 Å². The number of halogens is 2. The minimum Gasteiger partial charge on any atom is -0.457 e. The van der Waals surface area contributed by atoms with Gasteiger partial charge in [0.15, 0.2) is 0 Å². The maximum Gasteiger partial charge on any atom is 0.141 e. The minimum atomic E-state index is -0.455. The molecule has 0 aliphatic rings. The van der Waals surface area contributed by atoms with Crippen LogP contribution in [0.4, 0.5) is 4.39 Å². The third kappa shape index (κ3) is 3.86. The molecule has 3 N–H and O–H groups in total. The van der Waals surface area contributed by atoms with Crippen LogP contribution in [0.2, 0.25) is 5.02 Å². The molecule has 3 nitrogen and oxygen atoms in total. The number of fused-ring (bicyclic) bond motifs is 1. The van der Waals surface area contributed by atoms with Gasteiger partial charge >= 0.3 is 0 Å². The molecule has 5 rings (SSSR count). The summed E-state index contributed by atoms with van der Waals surface area (Å²) in [6, 6.07) is 29.6. The lowest BCUT2D eigenvalue weighted by Crippen LogP contribution is -2.12. The number of hydrogen-bond donors (Lipinski definition) is 2. The van der Waals surface area contributed by atoms with Crippen LogP contribution in [0.1, 0.15) is 17.2 Å². The molecule has 0 saturated carbocycles. The Morgan fingerprint density at radius 3 is 2.38 bits per heavy atom. The average Bonchev–Trinajstić information content (AvgIpc) is 3.21. The number of aromatic amines is 1. The molecule has 32 heavy (non-hydrogen) atoms. The lowest BCUT2D eigenvalue weighted by Gasteiger charge is -2.16. The number of ether oxygens (including phenoxy) is 1. The summed E-state index contributed by atoms with van der Waals surface area (Å²) in [7, 11) is 0. The highest BCUT2D eigenvalue weighted by Gasteiger charge is 2.21. The van der Waals surface area contributed by atoms with Gasteiger partial charge in [0.1, 0.15) is 17.3 Å². The first-order chi connectivity index (χ1) is 15.6. The fourth-order valence-corrected chi connectivity index (χ4v) is 4.11. The highest BCUT2D eigenvalue weighted by atomic mass is 35.5. The summed E-state index contributed by atoms with van der Waals surface area (Å²) in [6.45, 7) is 0. The Bertz CT molecular complexity index is 1400. The van der Waals surface area contributed by atoms with Gasteiger partial charge in [-0.15, -0.1) is 0 Å². The largest absolute Gasteiger partial charge is 0.457 e. The van der Waals surface area contributed by atoms with Crippen LogP contribution >= 0.6 is 11.6 Å². The Kier molecular flexibility index (Phi) is 5.39. The van der Waals surface area contributed by atoms with E-state index in [9.17, 15) is 4.39 Å². The highest BCUT2D eigenvalue weighted by Crippen LogP contribution is 2.38. The number of rotatable bonds is 5. The number of para-hydroxylation sites is 2. The zero-order chi connectivity index (χ0) is 22.1. The molecule has 0 spiro atoms. The van der Waals surface area contributed by atoms with Crippen LogP contribution in [0.15, 0.2) is 97.1 Å². The highest BCUT2D eigenvalue weighted by molar-refractivity contribution is 6.31. The van der Waals surface area contributed by atoms with Gasteiger partial charge in [0, 0.05) is 16.5 Å². The van der Waals surface area contributed by atoms with E-state index in [1.54, 1.807) is 12.1 Å². The fraction of sp³-hybridized carbons (Fsp3) is 0.0370. The van der Waals surface area contributed by atoms with Gasteiger partial charge in [0.2, 0.25) is 0 Å². The van der Waals surface area contributed by atoms with E-state index in [0.717, 1.165) is 39.0 Å². The predicted molar refractivity (Wildman–Crippen MR) is 128 cm³/mol. The molecule has 1 aromatic heterocycles. The minimum absolute atomic E-state index is 0.0685. The Balaban J connectivity index is 1.60. The van der Waals surface area contributed by atoms with Crippen molar-refractivity contribution in [3.63, 3.8) is 0 Å². The summed E-state index contributed by atoms with van der Waals surface area (Å²) < 4.78 is 19.8. The summed E-state index contributed by atoms with van der Waals surface area (Å²) >= 11 is 6.07. The van der Waals surface area contributed by atoms with E-state index in [4.69, 9.17) is 22.1 Å². The number of H-pyrrole nitrogens is 1. The standard InChI is InChI=1S/C27H20ClFN2O/c28-22-16-18(13-14-23(22)29)27-25(21-11-4-5-12-24(21)31-27)26(30)17-7-6-10-20(15-17)32-19-8-2-1-3-9-19/h1-16,26,31H,30H2. The molecule has 158 valence electrons. The second-order valence-corrected chi connectivity index (χ2v) is 7.96. The molecule has 5 aromatic rings. The molecule has 1 heterocycles. The van der Waals surface area contributed by atoms with Crippen LogP contribution in [0, 0.1) is 5.82 Å². The number of nitrogens with two attached hydrogens (primary N) is 1. The Labute approximate surface area is 190 Å². The number of hydrogen-bond acceptors (Lipinski definition) is 2. The van der Waals surface area contributed by atoms with Crippen molar-refractivity contribution >= 4 is 22.5 Å². The van der Waals surface area contributed by atoms with Gasteiger partial charge in [-0.3, -0.25) is 0 Å². The molecule has 0 radical (unpaired) electrons. The molecule has 0 aliphatic heterocycles. The van der Waals surface area contributed by atoms with Crippen LogP contribution in [-0.2, 0) is 0 Å². The fourth-order valence-electron chi connectivity index (χ4n) is 3.93. The topological polar surface area (TPSA) is 51.0 Å². The van der Waals surface area contributed by atoms with Gasteiger partial charge in [-0.05, 0) is 59.7 Å². The molecule has 4 aromatic carbocycles. The Morgan fingerprint density at radius 2 is 1.56 bits per heavy atom. The van der Waals surface area contributed by atoms with Gasteiger partial charge in [0.05, 0.1) is 16.8 Å². The van der Waals surface area contributed by atoms with Gasteiger partial charge in [-0.2, -0.15) is 0 Å². The third-order valence-electron chi connectivity index (χ3n) is 5.46. The van der Waals surface area contributed by atoms with Crippen molar-refractivity contribution < 1.29 is 9.13 Å². The lowest BCUT2D eigenvalue weighted by molar-refractivity contribution is 0.481. The zero-order valence-electron chi connectivity index (χ0n) is 17.1. The van der Waals surface area contributed by atoms with Crippen LogP contribution in [0.25, 0.3) is 22.2 Å². The van der Waals surface area contributed by atoms with Gasteiger partial charge < -0.3 is 15.5 Å². The van der Waals surface area contributed by atoms with E-state index in [0.29, 0.717) is 5.75 Å². The van der Waals surface area contributed by atoms with E-state index >= 15 is 0 Å². The molecular formula is C27H20ClFN2O. The first-order valence-corrected chi connectivity index (χ1v) is 10.6. The maximum atomic E-state index is 13.8. The van der Waals surface area contributed by atoms with Crippen molar-refractivity contribution in [2.24, 2.45) is 5.73 Å². The molecule has 1 atom stereocenters. The quantitative estimate of drug-likeness (QED) is 0.296. The van der Waals surface area contributed by atoms with Crippen LogP contribution in [0.5, 0.6) is 11.5 Å². The molecule has 1 unspecified atom stereocenters. The smallest absolute Gasteiger partial charge is 0.141 e. The van der Waals surface area contributed by atoms with Crippen LogP contribution < -0.4 is 10.5 Å². The zero-order valence-corrected chi connectivity index (χ0v) is 17.8. The summed E-state index contributed by atoms with van der Waals surface area (Å²) in [6.07, 6.45) is 0. The predicted octanol–water partition coefficient (Wildman–Crippen LogP) is 7.47.